The van der Waals surface area contributed by atoms with Crippen molar-refractivity contribution in [2.75, 3.05) is 5.32 Å². The Hall–Kier alpha value is -3.00. The van der Waals surface area contributed by atoms with Crippen molar-refractivity contribution in [3.8, 4) is 0 Å². The minimum Gasteiger partial charge on any atom is -0.345 e. The van der Waals surface area contributed by atoms with E-state index in [-0.39, 0.29) is 22.3 Å². The van der Waals surface area contributed by atoms with Crippen LogP contribution in [0.15, 0.2) is 30.6 Å². The molecule has 0 bridgehead atoms. The number of aromatic nitrogens is 2. The van der Waals surface area contributed by atoms with Crippen LogP contribution in [0.2, 0.25) is 5.02 Å². The number of hydrogen-bond donors (Lipinski definition) is 3. The van der Waals surface area contributed by atoms with Crippen molar-refractivity contribution in [1.29, 1.82) is 0 Å². The summed E-state index contributed by atoms with van der Waals surface area (Å²) in [5.74, 6) is -3.05. The highest BCUT2D eigenvalue weighted by Gasteiger charge is 2.25. The predicted molar refractivity (Wildman–Crippen MR) is 105 cm³/mol. The number of rotatable bonds is 4. The van der Waals surface area contributed by atoms with Gasteiger partial charge < -0.3 is 15.6 Å². The summed E-state index contributed by atoms with van der Waals surface area (Å²) in [6.45, 7) is 0. The maximum Gasteiger partial charge on any atom is 0.319 e. The molecule has 150 valence electrons. The molecule has 1 saturated carbocycles. The Morgan fingerprint density at radius 3 is 2.72 bits per heavy atom. The molecule has 0 atom stereocenters. The van der Waals surface area contributed by atoms with Crippen LogP contribution < -0.4 is 10.6 Å². The largest absolute Gasteiger partial charge is 0.345 e. The number of pyridine rings is 1. The van der Waals surface area contributed by atoms with E-state index in [9.17, 15) is 18.4 Å². The van der Waals surface area contributed by atoms with Gasteiger partial charge in [-0.05, 0) is 31.0 Å². The molecular weight excluding hydrogens is 402 g/mol. The third-order valence-corrected chi connectivity index (χ3v) is 5.21. The summed E-state index contributed by atoms with van der Waals surface area (Å²) in [7, 11) is 0. The minimum absolute atomic E-state index is 0.0281. The number of halogens is 3. The van der Waals surface area contributed by atoms with Crippen LogP contribution in [0.3, 0.4) is 0 Å². The van der Waals surface area contributed by atoms with Gasteiger partial charge in [0.2, 0.25) is 5.78 Å². The molecule has 1 aromatic carbocycles. The number of hydrogen-bond acceptors (Lipinski definition) is 3. The summed E-state index contributed by atoms with van der Waals surface area (Å²) in [4.78, 5) is 31.8. The van der Waals surface area contributed by atoms with Crippen molar-refractivity contribution in [2.24, 2.45) is 0 Å². The summed E-state index contributed by atoms with van der Waals surface area (Å²) >= 11 is 5.92. The van der Waals surface area contributed by atoms with E-state index in [1.807, 2.05) is 0 Å². The van der Waals surface area contributed by atoms with Crippen LogP contribution in [-0.4, -0.2) is 27.8 Å². The first kappa shape index (κ1) is 19.3. The zero-order valence-corrected chi connectivity index (χ0v) is 15.9. The number of ketones is 1. The number of fused-ring (bicyclic) bond motifs is 1. The molecule has 29 heavy (non-hydrogen) atoms. The number of urea groups is 1. The molecule has 3 aromatic rings. The molecule has 0 saturated heterocycles. The lowest BCUT2D eigenvalue weighted by Crippen LogP contribution is -2.36. The van der Waals surface area contributed by atoms with Gasteiger partial charge in [0, 0.05) is 29.4 Å². The average molecular weight is 419 g/mol. The van der Waals surface area contributed by atoms with Crippen molar-refractivity contribution in [3.63, 3.8) is 0 Å². The van der Waals surface area contributed by atoms with E-state index in [0.717, 1.165) is 37.8 Å². The first-order chi connectivity index (χ1) is 13.9. The van der Waals surface area contributed by atoms with Gasteiger partial charge in [0.15, 0.2) is 5.82 Å². The van der Waals surface area contributed by atoms with Gasteiger partial charge in [-0.25, -0.2) is 18.6 Å². The van der Waals surface area contributed by atoms with Gasteiger partial charge in [0.05, 0.1) is 16.3 Å². The summed E-state index contributed by atoms with van der Waals surface area (Å²) in [5, 5.41) is 5.75. The fourth-order valence-corrected chi connectivity index (χ4v) is 3.73. The highest BCUT2D eigenvalue weighted by atomic mass is 35.5. The van der Waals surface area contributed by atoms with Gasteiger partial charge in [-0.1, -0.05) is 24.4 Å². The molecule has 2 heterocycles. The second-order valence-electron chi connectivity index (χ2n) is 6.94. The van der Waals surface area contributed by atoms with Gasteiger partial charge in [-0.2, -0.15) is 0 Å². The zero-order valence-electron chi connectivity index (χ0n) is 15.2. The van der Waals surface area contributed by atoms with Gasteiger partial charge in [0.1, 0.15) is 11.5 Å². The van der Waals surface area contributed by atoms with Crippen LogP contribution in [0.5, 0.6) is 0 Å². The lowest BCUT2D eigenvalue weighted by molar-refractivity contribution is 0.103. The van der Waals surface area contributed by atoms with Crippen LogP contribution >= 0.6 is 11.6 Å². The van der Waals surface area contributed by atoms with Crippen molar-refractivity contribution >= 4 is 40.1 Å². The molecule has 9 heteroatoms. The first-order valence-corrected chi connectivity index (χ1v) is 9.54. The molecule has 0 unspecified atom stereocenters. The monoisotopic (exact) mass is 418 g/mol. The van der Waals surface area contributed by atoms with E-state index in [4.69, 9.17) is 11.6 Å². The molecule has 4 rings (SSSR count). The zero-order chi connectivity index (χ0) is 20.5. The van der Waals surface area contributed by atoms with Crippen molar-refractivity contribution in [3.05, 3.63) is 58.4 Å². The van der Waals surface area contributed by atoms with Crippen molar-refractivity contribution in [1.82, 2.24) is 15.3 Å². The summed E-state index contributed by atoms with van der Waals surface area (Å²) in [6.07, 6.45) is 6.49. The Balaban J connectivity index is 1.64. The third-order valence-electron chi connectivity index (χ3n) is 5.00. The van der Waals surface area contributed by atoms with Crippen LogP contribution in [0, 0.1) is 11.6 Å². The van der Waals surface area contributed by atoms with Crippen LogP contribution in [0.4, 0.5) is 19.3 Å². The van der Waals surface area contributed by atoms with E-state index in [0.29, 0.717) is 11.0 Å². The number of nitrogens with zero attached hydrogens (tertiary/aromatic N) is 1. The van der Waals surface area contributed by atoms with Crippen molar-refractivity contribution < 1.29 is 18.4 Å². The molecule has 3 N–H and O–H groups in total. The molecule has 0 radical (unpaired) electrons. The molecule has 0 aliphatic heterocycles. The number of carbonyl (C=O) groups excluding carboxylic acids is 2. The second-order valence-corrected chi connectivity index (χ2v) is 7.38. The minimum atomic E-state index is -1.14. The van der Waals surface area contributed by atoms with E-state index in [2.05, 4.69) is 20.6 Å². The lowest BCUT2D eigenvalue weighted by Gasteiger charge is -2.14. The number of benzene rings is 1. The molecule has 1 aliphatic carbocycles. The topological polar surface area (TPSA) is 86.9 Å². The Kier molecular flexibility index (Phi) is 5.19. The van der Waals surface area contributed by atoms with Crippen LogP contribution in [0.25, 0.3) is 11.0 Å². The molecule has 2 aromatic heterocycles. The Morgan fingerprint density at radius 2 is 1.97 bits per heavy atom. The maximum atomic E-state index is 15.0. The smallest absolute Gasteiger partial charge is 0.319 e. The van der Waals surface area contributed by atoms with Crippen LogP contribution in [0.1, 0.15) is 41.6 Å². The summed E-state index contributed by atoms with van der Waals surface area (Å²) in [6, 6.07) is 2.96. The normalized spacial score (nSPS) is 14.3. The molecule has 1 aliphatic rings. The molecule has 1 fully saturated rings. The number of amides is 2. The van der Waals surface area contributed by atoms with Crippen LogP contribution in [-0.2, 0) is 0 Å². The Morgan fingerprint density at radius 1 is 1.21 bits per heavy atom. The summed E-state index contributed by atoms with van der Waals surface area (Å²) < 4.78 is 29.3. The number of anilines is 1. The Bertz CT molecular complexity index is 1110. The summed E-state index contributed by atoms with van der Waals surface area (Å²) in [5.41, 5.74) is -0.644. The SMILES string of the molecule is O=C(Nc1ccc(F)c(C(=O)c2c[nH]c3ncc(Cl)cc23)c1F)NC1CCCC1. The van der Waals surface area contributed by atoms with Gasteiger partial charge in [0.25, 0.3) is 0 Å². The maximum absolute atomic E-state index is 15.0. The Labute approximate surface area is 169 Å². The standard InChI is InChI=1S/C20H17ClF2N4O2/c21-10-7-12-13(9-25-19(12)24-8-10)18(28)16-14(22)5-6-15(17(16)23)27-20(29)26-11-3-1-2-4-11/h5-9,11H,1-4H2,(H,24,25)(H2,26,27,29). The highest BCUT2D eigenvalue weighted by molar-refractivity contribution is 6.31. The average Bonchev–Trinajstić information content (AvgIpc) is 3.33. The molecule has 2 amide bonds. The van der Waals surface area contributed by atoms with Gasteiger partial charge in [-0.3, -0.25) is 4.79 Å². The van der Waals surface area contributed by atoms with E-state index < -0.39 is 29.0 Å². The molecule has 0 spiro atoms. The molecular formula is C20H17ClF2N4O2. The number of aromatic amines is 1. The number of H-pyrrole nitrogens is 1. The quantitative estimate of drug-likeness (QED) is 0.532. The molecule has 6 nitrogen and oxygen atoms in total. The second kappa shape index (κ2) is 7.79. The third kappa shape index (κ3) is 3.80. The number of nitrogens with one attached hydrogen (secondary N) is 3. The van der Waals surface area contributed by atoms with Gasteiger partial charge >= 0.3 is 6.03 Å². The fourth-order valence-electron chi connectivity index (χ4n) is 3.57. The first-order valence-electron chi connectivity index (χ1n) is 9.17. The van der Waals surface area contributed by atoms with E-state index in [1.165, 1.54) is 18.5 Å². The van der Waals surface area contributed by atoms with E-state index in [1.54, 1.807) is 0 Å². The van der Waals surface area contributed by atoms with E-state index >= 15 is 0 Å². The fraction of sp³-hybridized carbons (Fsp3) is 0.250. The predicted octanol–water partition coefficient (Wildman–Crippen LogP) is 4.79. The lowest BCUT2D eigenvalue weighted by atomic mass is 10.0. The van der Waals surface area contributed by atoms with Gasteiger partial charge in [-0.15, -0.1) is 0 Å². The number of carbonyl (C=O) groups is 2. The van der Waals surface area contributed by atoms with Crippen molar-refractivity contribution in [2.45, 2.75) is 31.7 Å². The highest BCUT2D eigenvalue weighted by Crippen LogP contribution is 2.28.